The van der Waals surface area contributed by atoms with Crippen LogP contribution in [0.1, 0.15) is 0 Å². The molecule has 2 heterocycles. The Morgan fingerprint density at radius 3 is 2.31 bits per heavy atom. The number of aromatic amines is 1. The Bertz CT molecular complexity index is 1630. The van der Waals surface area contributed by atoms with E-state index in [2.05, 4.69) is 23.2 Å². The third-order valence-electron chi connectivity index (χ3n) is 5.58. The molecule has 2 aromatic heterocycles. The summed E-state index contributed by atoms with van der Waals surface area (Å²) < 4.78 is 0. The number of rotatable bonds is 1. The molecule has 29 heavy (non-hydrogen) atoms. The van der Waals surface area contributed by atoms with Crippen molar-refractivity contribution in [2.45, 2.75) is 0 Å². The van der Waals surface area contributed by atoms with Crippen molar-refractivity contribution in [2.75, 3.05) is 0 Å². The SMILES string of the molecule is O=c1c2ccccc2[nH]c2cccc(-c3cccc4nc5ccccc5cc34)c12. The molecular formula is C26H16N2O. The number of fused-ring (bicyclic) bond motifs is 4. The second-order valence-electron chi connectivity index (χ2n) is 7.28. The van der Waals surface area contributed by atoms with Crippen LogP contribution in [-0.2, 0) is 0 Å². The standard InChI is InChI=1S/C26H16N2O/c29-26-19-8-2-4-12-22(19)28-24-14-6-10-18(25(24)26)17-9-5-13-23-20(17)15-16-7-1-3-11-21(16)27-23/h1-15H,(H,28,29). The normalized spacial score (nSPS) is 11.6. The van der Waals surface area contributed by atoms with E-state index >= 15 is 0 Å². The van der Waals surface area contributed by atoms with Gasteiger partial charge in [-0.15, -0.1) is 0 Å². The molecule has 0 aliphatic heterocycles. The molecule has 0 atom stereocenters. The lowest BCUT2D eigenvalue weighted by atomic mass is 9.95. The Hall–Kier alpha value is -3.98. The van der Waals surface area contributed by atoms with Gasteiger partial charge < -0.3 is 4.98 Å². The van der Waals surface area contributed by atoms with Gasteiger partial charge in [0.15, 0.2) is 5.43 Å². The van der Waals surface area contributed by atoms with Gasteiger partial charge in [-0.05, 0) is 47.5 Å². The Kier molecular flexibility index (Phi) is 3.32. The molecule has 6 rings (SSSR count). The van der Waals surface area contributed by atoms with Crippen molar-refractivity contribution in [1.29, 1.82) is 0 Å². The molecule has 6 aromatic rings. The molecule has 0 saturated heterocycles. The number of aromatic nitrogens is 2. The van der Waals surface area contributed by atoms with E-state index in [1.54, 1.807) is 0 Å². The number of nitrogens with one attached hydrogen (secondary N) is 1. The van der Waals surface area contributed by atoms with E-state index in [1.165, 1.54) is 0 Å². The summed E-state index contributed by atoms with van der Waals surface area (Å²) >= 11 is 0. The van der Waals surface area contributed by atoms with E-state index in [4.69, 9.17) is 4.98 Å². The minimum atomic E-state index is 0.0516. The number of nitrogens with zero attached hydrogens (tertiary/aromatic N) is 1. The first-order chi connectivity index (χ1) is 14.3. The predicted octanol–water partition coefficient (Wildman–Crippen LogP) is 6.05. The quantitative estimate of drug-likeness (QED) is 0.357. The number of hydrogen-bond acceptors (Lipinski definition) is 2. The number of para-hydroxylation sites is 2. The average molecular weight is 372 g/mol. The predicted molar refractivity (Wildman–Crippen MR) is 120 cm³/mol. The summed E-state index contributed by atoms with van der Waals surface area (Å²) in [4.78, 5) is 21.6. The number of hydrogen-bond donors (Lipinski definition) is 1. The van der Waals surface area contributed by atoms with Crippen molar-refractivity contribution < 1.29 is 0 Å². The zero-order valence-corrected chi connectivity index (χ0v) is 15.5. The Labute approximate surface area is 166 Å². The van der Waals surface area contributed by atoms with Gasteiger partial charge in [0, 0.05) is 21.7 Å². The lowest BCUT2D eigenvalue weighted by molar-refractivity contribution is 1.47. The second-order valence-corrected chi connectivity index (χ2v) is 7.28. The van der Waals surface area contributed by atoms with Gasteiger partial charge in [-0.25, -0.2) is 4.98 Å². The maximum atomic E-state index is 13.4. The molecule has 0 aliphatic rings. The lowest BCUT2D eigenvalue weighted by Crippen LogP contribution is -2.05. The maximum Gasteiger partial charge on any atom is 0.197 e. The topological polar surface area (TPSA) is 45.8 Å². The van der Waals surface area contributed by atoms with Crippen LogP contribution in [0.4, 0.5) is 0 Å². The second kappa shape index (κ2) is 6.01. The van der Waals surface area contributed by atoms with Crippen LogP contribution in [0.25, 0.3) is 54.7 Å². The first-order valence-electron chi connectivity index (χ1n) is 9.62. The highest BCUT2D eigenvalue weighted by Crippen LogP contribution is 2.33. The van der Waals surface area contributed by atoms with Crippen LogP contribution in [0.5, 0.6) is 0 Å². The molecule has 0 amide bonds. The van der Waals surface area contributed by atoms with Gasteiger partial charge in [0.05, 0.1) is 21.9 Å². The number of H-pyrrole nitrogens is 1. The molecule has 0 bridgehead atoms. The van der Waals surface area contributed by atoms with Crippen LogP contribution in [0.15, 0.2) is 95.8 Å². The Balaban J connectivity index is 1.76. The van der Waals surface area contributed by atoms with Crippen molar-refractivity contribution in [1.82, 2.24) is 9.97 Å². The molecule has 0 fully saturated rings. The molecule has 136 valence electrons. The van der Waals surface area contributed by atoms with Crippen molar-refractivity contribution >= 4 is 43.6 Å². The van der Waals surface area contributed by atoms with E-state index in [1.807, 2.05) is 72.8 Å². The highest BCUT2D eigenvalue weighted by molar-refractivity contribution is 6.08. The summed E-state index contributed by atoms with van der Waals surface area (Å²) in [6, 6.07) is 30.0. The van der Waals surface area contributed by atoms with Gasteiger partial charge in [-0.1, -0.05) is 54.6 Å². The fourth-order valence-corrected chi connectivity index (χ4v) is 4.23. The van der Waals surface area contributed by atoms with E-state index in [9.17, 15) is 4.79 Å². The van der Waals surface area contributed by atoms with Crippen LogP contribution in [0, 0.1) is 0 Å². The summed E-state index contributed by atoms with van der Waals surface area (Å²) in [5.74, 6) is 0. The molecular weight excluding hydrogens is 356 g/mol. The van der Waals surface area contributed by atoms with Crippen LogP contribution >= 0.6 is 0 Å². The van der Waals surface area contributed by atoms with Gasteiger partial charge in [0.2, 0.25) is 0 Å². The highest BCUT2D eigenvalue weighted by Gasteiger charge is 2.13. The van der Waals surface area contributed by atoms with Crippen LogP contribution in [0.2, 0.25) is 0 Å². The van der Waals surface area contributed by atoms with Crippen LogP contribution in [-0.4, -0.2) is 9.97 Å². The summed E-state index contributed by atoms with van der Waals surface area (Å²) in [5.41, 5.74) is 5.60. The fourth-order valence-electron chi connectivity index (χ4n) is 4.23. The van der Waals surface area contributed by atoms with Gasteiger partial charge in [0.25, 0.3) is 0 Å². The van der Waals surface area contributed by atoms with E-state index in [0.29, 0.717) is 10.8 Å². The molecule has 4 aromatic carbocycles. The third-order valence-corrected chi connectivity index (χ3v) is 5.58. The van der Waals surface area contributed by atoms with Gasteiger partial charge in [0.1, 0.15) is 0 Å². The van der Waals surface area contributed by atoms with Crippen LogP contribution < -0.4 is 5.43 Å². The van der Waals surface area contributed by atoms with Crippen molar-refractivity contribution in [3.8, 4) is 11.1 Å². The third kappa shape index (κ3) is 2.38. The smallest absolute Gasteiger partial charge is 0.197 e. The zero-order chi connectivity index (χ0) is 19.4. The molecule has 3 nitrogen and oxygen atoms in total. The number of pyridine rings is 2. The minimum absolute atomic E-state index is 0.0516. The van der Waals surface area contributed by atoms with E-state index in [-0.39, 0.29) is 5.43 Å². The molecule has 1 N–H and O–H groups in total. The summed E-state index contributed by atoms with van der Waals surface area (Å²) in [6.45, 7) is 0. The van der Waals surface area contributed by atoms with Crippen molar-refractivity contribution in [3.05, 3.63) is 101 Å². The van der Waals surface area contributed by atoms with Gasteiger partial charge in [-0.2, -0.15) is 0 Å². The molecule has 0 radical (unpaired) electrons. The Morgan fingerprint density at radius 1 is 0.621 bits per heavy atom. The lowest BCUT2D eigenvalue weighted by Gasteiger charge is -2.11. The van der Waals surface area contributed by atoms with Gasteiger partial charge in [-0.3, -0.25) is 4.79 Å². The van der Waals surface area contributed by atoms with E-state index < -0.39 is 0 Å². The highest BCUT2D eigenvalue weighted by atomic mass is 16.1. The van der Waals surface area contributed by atoms with Crippen molar-refractivity contribution in [2.24, 2.45) is 0 Å². The first kappa shape index (κ1) is 16.0. The molecule has 3 heteroatoms. The van der Waals surface area contributed by atoms with Gasteiger partial charge >= 0.3 is 0 Å². The zero-order valence-electron chi connectivity index (χ0n) is 15.5. The first-order valence-corrected chi connectivity index (χ1v) is 9.62. The van der Waals surface area contributed by atoms with Crippen LogP contribution in [0.3, 0.4) is 0 Å². The summed E-state index contributed by atoms with van der Waals surface area (Å²) in [5, 5.41) is 3.56. The fraction of sp³-hybridized carbons (Fsp3) is 0. The van der Waals surface area contributed by atoms with Crippen molar-refractivity contribution in [3.63, 3.8) is 0 Å². The maximum absolute atomic E-state index is 13.4. The minimum Gasteiger partial charge on any atom is -0.354 e. The molecule has 0 spiro atoms. The number of benzene rings is 4. The molecule has 0 aliphatic carbocycles. The van der Waals surface area contributed by atoms with E-state index in [0.717, 1.165) is 44.0 Å². The Morgan fingerprint density at radius 2 is 1.34 bits per heavy atom. The molecule has 0 saturated carbocycles. The largest absolute Gasteiger partial charge is 0.354 e. The summed E-state index contributed by atoms with van der Waals surface area (Å²) in [6.07, 6.45) is 0. The average Bonchev–Trinajstić information content (AvgIpc) is 2.77. The molecule has 0 unspecified atom stereocenters. The monoisotopic (exact) mass is 372 g/mol. The summed E-state index contributed by atoms with van der Waals surface area (Å²) in [7, 11) is 0.